The zero-order chi connectivity index (χ0) is 14.3. The van der Waals surface area contributed by atoms with Crippen LogP contribution in [0.3, 0.4) is 0 Å². The number of hydrogen-bond acceptors (Lipinski definition) is 3. The van der Waals surface area contributed by atoms with Crippen LogP contribution >= 0.6 is 0 Å². The van der Waals surface area contributed by atoms with Crippen molar-refractivity contribution in [3.63, 3.8) is 0 Å². The van der Waals surface area contributed by atoms with Crippen LogP contribution in [0.1, 0.15) is 52.9 Å². The fourth-order valence-corrected chi connectivity index (χ4v) is 3.18. The predicted molar refractivity (Wildman–Crippen MR) is 69.8 cm³/mol. The summed E-state index contributed by atoms with van der Waals surface area (Å²) in [5, 5.41) is 12.0. The van der Waals surface area contributed by atoms with Crippen LogP contribution in [-0.4, -0.2) is 28.3 Å². The summed E-state index contributed by atoms with van der Waals surface area (Å²) in [5.41, 5.74) is -0.884. The highest BCUT2D eigenvalue weighted by molar-refractivity contribution is 5.75. The van der Waals surface area contributed by atoms with E-state index in [0.717, 1.165) is 25.7 Å². The minimum absolute atomic E-state index is 0.0695. The van der Waals surface area contributed by atoms with Crippen LogP contribution < -0.4 is 5.32 Å². The minimum Gasteiger partial charge on any atom is -0.481 e. The number of carbonyl (C=O) groups excluding carboxylic acids is 1. The number of alkyl carbamates (subject to hydrolysis) is 1. The third-order valence-corrected chi connectivity index (χ3v) is 4.06. The summed E-state index contributed by atoms with van der Waals surface area (Å²) in [6.07, 6.45) is 4.05. The molecule has 19 heavy (non-hydrogen) atoms. The van der Waals surface area contributed by atoms with Crippen molar-refractivity contribution >= 4 is 12.1 Å². The van der Waals surface area contributed by atoms with Gasteiger partial charge in [-0.1, -0.05) is 12.8 Å². The zero-order valence-electron chi connectivity index (χ0n) is 11.9. The Morgan fingerprint density at radius 3 is 2.26 bits per heavy atom. The Labute approximate surface area is 113 Å². The molecule has 5 nitrogen and oxygen atoms in total. The Bertz CT molecular complexity index is 379. The van der Waals surface area contributed by atoms with Gasteiger partial charge in [0, 0.05) is 5.54 Å². The molecule has 1 amide bonds. The summed E-state index contributed by atoms with van der Waals surface area (Å²) in [6, 6.07) is 0. The van der Waals surface area contributed by atoms with Gasteiger partial charge < -0.3 is 15.2 Å². The van der Waals surface area contributed by atoms with E-state index in [0.29, 0.717) is 6.42 Å². The maximum atomic E-state index is 11.9. The van der Waals surface area contributed by atoms with Crippen molar-refractivity contribution in [2.45, 2.75) is 64.0 Å². The highest BCUT2D eigenvalue weighted by Crippen LogP contribution is 2.53. The lowest BCUT2D eigenvalue weighted by Crippen LogP contribution is -2.50. The highest BCUT2D eigenvalue weighted by Gasteiger charge is 2.57. The first-order chi connectivity index (χ1) is 8.73. The molecular weight excluding hydrogens is 246 g/mol. The van der Waals surface area contributed by atoms with Crippen molar-refractivity contribution in [2.75, 3.05) is 0 Å². The number of ether oxygens (including phenoxy) is 1. The van der Waals surface area contributed by atoms with Crippen molar-refractivity contribution in [1.29, 1.82) is 0 Å². The quantitative estimate of drug-likeness (QED) is 0.825. The van der Waals surface area contributed by atoms with E-state index in [1.165, 1.54) is 0 Å². The number of hydrogen-bond donors (Lipinski definition) is 2. The first kappa shape index (κ1) is 14.2. The molecule has 2 saturated carbocycles. The third kappa shape index (κ3) is 3.19. The molecule has 2 N–H and O–H groups in total. The van der Waals surface area contributed by atoms with E-state index < -0.39 is 17.7 Å². The topological polar surface area (TPSA) is 75.6 Å². The Morgan fingerprint density at radius 1 is 1.26 bits per heavy atom. The molecule has 2 rings (SSSR count). The Morgan fingerprint density at radius 2 is 1.84 bits per heavy atom. The second-order valence-electron chi connectivity index (χ2n) is 6.78. The summed E-state index contributed by atoms with van der Waals surface area (Å²) in [4.78, 5) is 23.0. The molecule has 0 heterocycles. The van der Waals surface area contributed by atoms with Gasteiger partial charge in [0.15, 0.2) is 0 Å². The molecule has 0 spiro atoms. The summed E-state index contributed by atoms with van der Waals surface area (Å²) in [5.74, 6) is -0.977. The van der Waals surface area contributed by atoms with Crippen LogP contribution in [0.25, 0.3) is 0 Å². The summed E-state index contributed by atoms with van der Waals surface area (Å²) < 4.78 is 5.30. The number of carboxylic acids is 1. The number of rotatable bonds is 3. The fourth-order valence-electron chi connectivity index (χ4n) is 3.18. The molecule has 0 aromatic carbocycles. The number of amides is 1. The van der Waals surface area contributed by atoms with Gasteiger partial charge in [-0.15, -0.1) is 0 Å². The van der Waals surface area contributed by atoms with Gasteiger partial charge in [-0.25, -0.2) is 4.79 Å². The molecule has 0 aromatic rings. The van der Waals surface area contributed by atoms with Gasteiger partial charge in [-0.3, -0.25) is 4.79 Å². The van der Waals surface area contributed by atoms with Gasteiger partial charge in [0.05, 0.1) is 5.92 Å². The van der Waals surface area contributed by atoms with Crippen molar-refractivity contribution in [3.8, 4) is 0 Å². The monoisotopic (exact) mass is 269 g/mol. The molecule has 2 fully saturated rings. The number of aliphatic carboxylic acids is 1. The number of nitrogens with one attached hydrogen (secondary N) is 1. The molecule has 2 unspecified atom stereocenters. The molecule has 0 saturated heterocycles. The Hall–Kier alpha value is -1.26. The van der Waals surface area contributed by atoms with E-state index in [2.05, 4.69) is 5.32 Å². The number of carboxylic acid groups (broad SMARTS) is 1. The normalized spacial score (nSPS) is 28.8. The molecule has 0 bridgehead atoms. The molecule has 0 aliphatic heterocycles. The van der Waals surface area contributed by atoms with E-state index in [1.54, 1.807) is 0 Å². The lowest BCUT2D eigenvalue weighted by Gasteiger charge is -2.32. The molecular formula is C14H23NO4. The second kappa shape index (κ2) is 4.69. The van der Waals surface area contributed by atoms with Gasteiger partial charge >= 0.3 is 12.1 Å². The third-order valence-electron chi connectivity index (χ3n) is 4.06. The van der Waals surface area contributed by atoms with Gasteiger partial charge in [-0.05, 0) is 46.0 Å². The van der Waals surface area contributed by atoms with Crippen molar-refractivity contribution in [1.82, 2.24) is 5.32 Å². The molecule has 0 aromatic heterocycles. The van der Waals surface area contributed by atoms with Crippen molar-refractivity contribution < 1.29 is 19.4 Å². The Balaban J connectivity index is 2.01. The maximum Gasteiger partial charge on any atom is 0.408 e. The van der Waals surface area contributed by atoms with E-state index >= 15 is 0 Å². The van der Waals surface area contributed by atoms with E-state index in [9.17, 15) is 9.59 Å². The molecule has 2 atom stereocenters. The summed E-state index contributed by atoms with van der Waals surface area (Å²) >= 11 is 0. The van der Waals surface area contributed by atoms with Crippen LogP contribution in [0.5, 0.6) is 0 Å². The smallest absolute Gasteiger partial charge is 0.408 e. The SMILES string of the molecule is CC(C)(C)OC(=O)NC1(C2CC2C(=O)O)CCCC1. The van der Waals surface area contributed by atoms with E-state index in [4.69, 9.17) is 9.84 Å². The van der Waals surface area contributed by atoms with Gasteiger partial charge in [0.1, 0.15) is 5.60 Å². The zero-order valence-corrected chi connectivity index (χ0v) is 11.9. The first-order valence-electron chi connectivity index (χ1n) is 6.97. The van der Waals surface area contributed by atoms with Gasteiger partial charge in [0.25, 0.3) is 0 Å². The maximum absolute atomic E-state index is 11.9. The van der Waals surface area contributed by atoms with Crippen LogP contribution in [0, 0.1) is 11.8 Å². The average molecular weight is 269 g/mol. The molecule has 2 aliphatic rings. The van der Waals surface area contributed by atoms with Gasteiger partial charge in [-0.2, -0.15) is 0 Å². The summed E-state index contributed by atoms with van der Waals surface area (Å²) in [6.45, 7) is 5.47. The molecule has 5 heteroatoms. The Kier molecular flexibility index (Phi) is 3.49. The largest absolute Gasteiger partial charge is 0.481 e. The van der Waals surface area contributed by atoms with Crippen LogP contribution in [0.2, 0.25) is 0 Å². The van der Waals surface area contributed by atoms with Crippen LogP contribution in [0.15, 0.2) is 0 Å². The van der Waals surface area contributed by atoms with Crippen molar-refractivity contribution in [2.24, 2.45) is 11.8 Å². The second-order valence-corrected chi connectivity index (χ2v) is 6.78. The van der Waals surface area contributed by atoms with Crippen LogP contribution in [-0.2, 0) is 9.53 Å². The highest BCUT2D eigenvalue weighted by atomic mass is 16.6. The molecule has 2 aliphatic carbocycles. The predicted octanol–water partition coefficient (Wildman–Crippen LogP) is 2.54. The molecule has 0 radical (unpaired) electrons. The molecule has 108 valence electrons. The summed E-state index contributed by atoms with van der Waals surface area (Å²) in [7, 11) is 0. The average Bonchev–Trinajstić information content (AvgIpc) is 2.92. The number of carbonyl (C=O) groups is 2. The van der Waals surface area contributed by atoms with E-state index in [1.807, 2.05) is 20.8 Å². The first-order valence-corrected chi connectivity index (χ1v) is 6.97. The minimum atomic E-state index is -0.748. The van der Waals surface area contributed by atoms with Gasteiger partial charge in [0.2, 0.25) is 0 Å². The van der Waals surface area contributed by atoms with E-state index in [-0.39, 0.29) is 17.4 Å². The lowest BCUT2D eigenvalue weighted by molar-refractivity contribution is -0.139. The standard InChI is InChI=1S/C14H23NO4/c1-13(2,3)19-12(18)15-14(6-4-5-7-14)10-8-9(10)11(16)17/h9-10H,4-8H2,1-3H3,(H,15,18)(H,16,17). The van der Waals surface area contributed by atoms with Crippen LogP contribution in [0.4, 0.5) is 4.79 Å². The van der Waals surface area contributed by atoms with Crippen molar-refractivity contribution in [3.05, 3.63) is 0 Å². The fraction of sp³-hybridized carbons (Fsp3) is 0.857. The lowest BCUT2D eigenvalue weighted by atomic mass is 9.90.